The number of amides is 2. The summed E-state index contributed by atoms with van der Waals surface area (Å²) in [6.07, 6.45) is 2.90. The molecule has 0 aliphatic carbocycles. The Bertz CT molecular complexity index is 1290. The van der Waals surface area contributed by atoms with E-state index in [-0.39, 0.29) is 28.8 Å². The minimum absolute atomic E-state index is 0.138. The number of aryl methyl sites for hydroxylation is 1. The number of anilines is 1. The summed E-state index contributed by atoms with van der Waals surface area (Å²) in [7, 11) is -2.29. The van der Waals surface area contributed by atoms with Gasteiger partial charge in [-0.15, -0.1) is 0 Å². The fourth-order valence-electron chi connectivity index (χ4n) is 3.80. The van der Waals surface area contributed by atoms with Crippen LogP contribution in [-0.4, -0.2) is 64.5 Å². The van der Waals surface area contributed by atoms with E-state index in [4.69, 9.17) is 0 Å². The standard InChI is InChI=1S/C21H23N5O5S/c1-14-5-7-16(8-6-14)32(30,31)26-11-9-17-19(26)22-12-18(23-17)24(2)20(27)15-4-3-10-25(13-15)21(28)29/h5-9,11-12,15H,3-4,10,13H2,1-2H3,(H,28,29). The topological polar surface area (TPSA) is 126 Å². The number of hydrogen-bond donors (Lipinski definition) is 1. The Morgan fingerprint density at radius 2 is 1.91 bits per heavy atom. The van der Waals surface area contributed by atoms with Crippen molar-refractivity contribution in [2.75, 3.05) is 25.0 Å². The highest BCUT2D eigenvalue weighted by Crippen LogP contribution is 2.24. The summed E-state index contributed by atoms with van der Waals surface area (Å²) in [6, 6.07) is 8.05. The van der Waals surface area contributed by atoms with Gasteiger partial charge in [0.1, 0.15) is 5.52 Å². The lowest BCUT2D eigenvalue weighted by atomic mass is 9.97. The van der Waals surface area contributed by atoms with Crippen molar-refractivity contribution in [1.82, 2.24) is 18.8 Å². The summed E-state index contributed by atoms with van der Waals surface area (Å²) < 4.78 is 27.1. The van der Waals surface area contributed by atoms with Crippen molar-refractivity contribution < 1.29 is 23.1 Å². The molecule has 1 aliphatic heterocycles. The molecule has 1 unspecified atom stereocenters. The Labute approximate surface area is 185 Å². The van der Waals surface area contributed by atoms with Gasteiger partial charge in [0.05, 0.1) is 17.0 Å². The van der Waals surface area contributed by atoms with Crippen LogP contribution in [0.1, 0.15) is 18.4 Å². The number of piperidine rings is 1. The van der Waals surface area contributed by atoms with Gasteiger partial charge in [-0.1, -0.05) is 17.7 Å². The summed E-state index contributed by atoms with van der Waals surface area (Å²) in [5, 5.41) is 9.20. The Morgan fingerprint density at radius 3 is 2.59 bits per heavy atom. The van der Waals surface area contributed by atoms with Gasteiger partial charge < -0.3 is 10.0 Å². The second-order valence-electron chi connectivity index (χ2n) is 7.83. The number of fused-ring (bicyclic) bond motifs is 1. The number of nitrogens with zero attached hydrogens (tertiary/aromatic N) is 5. The SMILES string of the molecule is Cc1ccc(S(=O)(=O)n2ccc3nc(N(C)C(=O)C4CCCN(C(=O)O)C4)cnc32)cc1. The average molecular weight is 458 g/mol. The first-order valence-corrected chi connectivity index (χ1v) is 11.5. The van der Waals surface area contributed by atoms with Gasteiger partial charge in [-0.2, -0.15) is 0 Å². The van der Waals surface area contributed by atoms with Crippen molar-refractivity contribution in [1.29, 1.82) is 0 Å². The van der Waals surface area contributed by atoms with E-state index in [0.717, 1.165) is 9.54 Å². The lowest BCUT2D eigenvalue weighted by molar-refractivity contribution is -0.123. The van der Waals surface area contributed by atoms with Gasteiger partial charge in [0.15, 0.2) is 11.5 Å². The minimum Gasteiger partial charge on any atom is -0.465 e. The van der Waals surface area contributed by atoms with Crippen molar-refractivity contribution in [3.63, 3.8) is 0 Å². The highest BCUT2D eigenvalue weighted by atomic mass is 32.2. The van der Waals surface area contributed by atoms with Gasteiger partial charge in [-0.25, -0.2) is 27.2 Å². The molecule has 1 atom stereocenters. The van der Waals surface area contributed by atoms with Crippen LogP contribution in [0, 0.1) is 12.8 Å². The lowest BCUT2D eigenvalue weighted by Gasteiger charge is -2.31. The van der Waals surface area contributed by atoms with E-state index < -0.39 is 22.0 Å². The largest absolute Gasteiger partial charge is 0.465 e. The molecule has 0 radical (unpaired) electrons. The van der Waals surface area contributed by atoms with Crippen molar-refractivity contribution in [3.8, 4) is 0 Å². The number of rotatable bonds is 4. The molecule has 10 nitrogen and oxygen atoms in total. The quantitative estimate of drug-likeness (QED) is 0.637. The number of likely N-dealkylation sites (tertiary alicyclic amines) is 1. The zero-order valence-corrected chi connectivity index (χ0v) is 18.5. The highest BCUT2D eigenvalue weighted by Gasteiger charge is 2.31. The third-order valence-electron chi connectivity index (χ3n) is 5.64. The van der Waals surface area contributed by atoms with Crippen LogP contribution < -0.4 is 4.90 Å². The molecule has 32 heavy (non-hydrogen) atoms. The third kappa shape index (κ3) is 3.91. The molecule has 1 fully saturated rings. The molecule has 2 amide bonds. The van der Waals surface area contributed by atoms with Crippen LogP contribution in [0.15, 0.2) is 47.6 Å². The number of carboxylic acid groups (broad SMARTS) is 1. The van der Waals surface area contributed by atoms with Gasteiger partial charge >= 0.3 is 6.09 Å². The predicted molar refractivity (Wildman–Crippen MR) is 117 cm³/mol. The second-order valence-corrected chi connectivity index (χ2v) is 9.65. The van der Waals surface area contributed by atoms with Gasteiger partial charge in [0.25, 0.3) is 10.0 Å². The van der Waals surface area contributed by atoms with Gasteiger partial charge in [-0.05, 0) is 38.0 Å². The zero-order chi connectivity index (χ0) is 23.0. The van der Waals surface area contributed by atoms with E-state index in [9.17, 15) is 23.1 Å². The molecule has 3 aromatic rings. The monoisotopic (exact) mass is 457 g/mol. The van der Waals surface area contributed by atoms with Crippen LogP contribution in [0.4, 0.5) is 10.6 Å². The Morgan fingerprint density at radius 1 is 1.19 bits per heavy atom. The second kappa shape index (κ2) is 8.23. The Balaban J connectivity index is 1.60. The first-order chi connectivity index (χ1) is 15.2. The molecule has 1 saturated heterocycles. The summed E-state index contributed by atoms with van der Waals surface area (Å²) in [5.41, 5.74) is 1.43. The van der Waals surface area contributed by atoms with Crippen molar-refractivity contribution >= 4 is 39.0 Å². The maximum atomic E-state index is 13.0. The molecule has 2 aromatic heterocycles. The lowest BCUT2D eigenvalue weighted by Crippen LogP contribution is -2.45. The Kier molecular flexibility index (Phi) is 5.59. The highest BCUT2D eigenvalue weighted by molar-refractivity contribution is 7.90. The summed E-state index contributed by atoms with van der Waals surface area (Å²) in [6.45, 7) is 2.43. The molecule has 0 spiro atoms. The van der Waals surface area contributed by atoms with E-state index in [0.29, 0.717) is 24.9 Å². The zero-order valence-electron chi connectivity index (χ0n) is 17.7. The summed E-state index contributed by atoms with van der Waals surface area (Å²) in [5.74, 6) is -0.453. The van der Waals surface area contributed by atoms with Crippen molar-refractivity contribution in [2.24, 2.45) is 5.92 Å². The minimum atomic E-state index is -3.85. The first-order valence-electron chi connectivity index (χ1n) is 10.1. The molecule has 1 aromatic carbocycles. The molecule has 0 saturated carbocycles. The third-order valence-corrected chi connectivity index (χ3v) is 7.32. The van der Waals surface area contributed by atoms with Crippen LogP contribution >= 0.6 is 0 Å². The van der Waals surface area contributed by atoms with Gasteiger partial charge in [-0.3, -0.25) is 9.69 Å². The molecule has 0 bridgehead atoms. The molecule has 168 valence electrons. The van der Waals surface area contributed by atoms with Crippen molar-refractivity contribution in [3.05, 3.63) is 48.3 Å². The predicted octanol–water partition coefficient (Wildman–Crippen LogP) is 2.33. The molecular formula is C21H23N5O5S. The number of aromatic nitrogens is 3. The number of carbonyl (C=O) groups excluding carboxylic acids is 1. The number of hydrogen-bond acceptors (Lipinski definition) is 6. The van der Waals surface area contributed by atoms with Crippen LogP contribution in [-0.2, 0) is 14.8 Å². The summed E-state index contributed by atoms with van der Waals surface area (Å²) >= 11 is 0. The number of carbonyl (C=O) groups is 2. The fraction of sp³-hybridized carbons (Fsp3) is 0.333. The van der Waals surface area contributed by atoms with Crippen molar-refractivity contribution in [2.45, 2.75) is 24.7 Å². The molecule has 1 N–H and O–H groups in total. The molecule has 3 heterocycles. The molecular weight excluding hydrogens is 434 g/mol. The van der Waals surface area contributed by atoms with E-state index in [1.807, 2.05) is 6.92 Å². The first kappa shape index (κ1) is 21.8. The maximum absolute atomic E-state index is 13.0. The molecule has 4 rings (SSSR count). The smallest absolute Gasteiger partial charge is 0.407 e. The van der Waals surface area contributed by atoms with E-state index in [1.54, 1.807) is 19.2 Å². The van der Waals surface area contributed by atoms with Crippen LogP contribution in [0.25, 0.3) is 11.2 Å². The van der Waals surface area contributed by atoms with Crippen LogP contribution in [0.2, 0.25) is 0 Å². The van der Waals surface area contributed by atoms with E-state index in [2.05, 4.69) is 9.97 Å². The molecule has 1 aliphatic rings. The average Bonchev–Trinajstić information content (AvgIpc) is 3.22. The van der Waals surface area contributed by atoms with Crippen LogP contribution in [0.3, 0.4) is 0 Å². The van der Waals surface area contributed by atoms with E-state index in [1.165, 1.54) is 40.4 Å². The normalized spacial score (nSPS) is 16.8. The van der Waals surface area contributed by atoms with Crippen LogP contribution in [0.5, 0.6) is 0 Å². The van der Waals surface area contributed by atoms with Gasteiger partial charge in [0.2, 0.25) is 5.91 Å². The molecule has 11 heteroatoms. The maximum Gasteiger partial charge on any atom is 0.407 e. The summed E-state index contributed by atoms with van der Waals surface area (Å²) in [4.78, 5) is 35.6. The van der Waals surface area contributed by atoms with Gasteiger partial charge in [0, 0.05) is 26.3 Å². The fourth-order valence-corrected chi connectivity index (χ4v) is 5.09. The number of benzene rings is 1. The van der Waals surface area contributed by atoms with E-state index >= 15 is 0 Å². The Hall–Kier alpha value is -3.47.